The maximum absolute atomic E-state index is 11.3. The molecular weight excluding hydrogens is 206 g/mol. The molecule has 88 valence electrons. The fraction of sp³-hybridized carbons (Fsp3) is 0.417. The van der Waals surface area contributed by atoms with E-state index >= 15 is 0 Å². The quantitative estimate of drug-likeness (QED) is 0.736. The minimum Gasteiger partial charge on any atom is -0.484 e. The third kappa shape index (κ3) is 4.79. The van der Waals surface area contributed by atoms with Crippen LogP contribution in [-0.4, -0.2) is 32.8 Å². The molecular formula is C12H17NO3. The minimum atomic E-state index is -0.140. The van der Waals surface area contributed by atoms with Crippen molar-refractivity contribution in [2.45, 2.75) is 6.92 Å². The summed E-state index contributed by atoms with van der Waals surface area (Å²) < 4.78 is 10.1. The summed E-state index contributed by atoms with van der Waals surface area (Å²) in [7, 11) is 1.59. The normalized spacial score (nSPS) is 9.88. The van der Waals surface area contributed by atoms with Crippen LogP contribution >= 0.6 is 0 Å². The summed E-state index contributed by atoms with van der Waals surface area (Å²) in [6, 6.07) is 7.59. The van der Waals surface area contributed by atoms with Crippen molar-refractivity contribution in [1.29, 1.82) is 0 Å². The Bertz CT molecular complexity index is 339. The molecule has 0 spiro atoms. The van der Waals surface area contributed by atoms with E-state index in [0.29, 0.717) is 18.9 Å². The van der Waals surface area contributed by atoms with Crippen LogP contribution in [0.5, 0.6) is 5.75 Å². The Kier molecular flexibility index (Phi) is 5.36. The number of benzene rings is 1. The summed E-state index contributed by atoms with van der Waals surface area (Å²) >= 11 is 0. The van der Waals surface area contributed by atoms with Gasteiger partial charge in [0.05, 0.1) is 6.61 Å². The van der Waals surface area contributed by atoms with E-state index in [0.717, 1.165) is 5.56 Å². The average Bonchev–Trinajstić information content (AvgIpc) is 2.27. The number of rotatable bonds is 6. The zero-order chi connectivity index (χ0) is 11.8. The largest absolute Gasteiger partial charge is 0.484 e. The lowest BCUT2D eigenvalue weighted by atomic mass is 10.2. The Morgan fingerprint density at radius 1 is 1.44 bits per heavy atom. The van der Waals surface area contributed by atoms with Gasteiger partial charge in [0.15, 0.2) is 6.61 Å². The number of carbonyl (C=O) groups excluding carboxylic acids is 1. The van der Waals surface area contributed by atoms with Crippen LogP contribution in [0.2, 0.25) is 0 Å². The molecule has 0 saturated carbocycles. The summed E-state index contributed by atoms with van der Waals surface area (Å²) in [5, 5.41) is 2.68. The van der Waals surface area contributed by atoms with E-state index in [1.807, 2.05) is 31.2 Å². The smallest absolute Gasteiger partial charge is 0.258 e. The van der Waals surface area contributed by atoms with Crippen LogP contribution in [0, 0.1) is 6.92 Å². The molecule has 0 aliphatic rings. The maximum Gasteiger partial charge on any atom is 0.258 e. The first-order chi connectivity index (χ1) is 7.72. The van der Waals surface area contributed by atoms with Crippen molar-refractivity contribution in [3.05, 3.63) is 29.8 Å². The highest BCUT2D eigenvalue weighted by Gasteiger charge is 2.01. The number of methoxy groups -OCH3 is 1. The second-order valence-electron chi connectivity index (χ2n) is 3.45. The molecule has 1 amide bonds. The lowest BCUT2D eigenvalue weighted by Crippen LogP contribution is -2.31. The van der Waals surface area contributed by atoms with Crippen molar-refractivity contribution in [2.75, 3.05) is 26.9 Å². The summed E-state index contributed by atoms with van der Waals surface area (Å²) in [6.07, 6.45) is 0. The number of hydrogen-bond donors (Lipinski definition) is 1. The number of amides is 1. The number of hydrogen-bond acceptors (Lipinski definition) is 3. The van der Waals surface area contributed by atoms with Gasteiger partial charge in [0.2, 0.25) is 0 Å². The third-order valence-corrected chi connectivity index (χ3v) is 1.99. The Balaban J connectivity index is 2.26. The van der Waals surface area contributed by atoms with Gasteiger partial charge < -0.3 is 14.8 Å². The van der Waals surface area contributed by atoms with Gasteiger partial charge in [-0.2, -0.15) is 0 Å². The third-order valence-electron chi connectivity index (χ3n) is 1.99. The van der Waals surface area contributed by atoms with Gasteiger partial charge in [-0.15, -0.1) is 0 Å². The van der Waals surface area contributed by atoms with Gasteiger partial charge >= 0.3 is 0 Å². The molecule has 1 aromatic rings. The molecule has 1 rings (SSSR count). The summed E-state index contributed by atoms with van der Waals surface area (Å²) in [4.78, 5) is 11.3. The predicted octanol–water partition coefficient (Wildman–Crippen LogP) is 1.14. The maximum atomic E-state index is 11.3. The number of ether oxygens (including phenoxy) is 2. The highest BCUT2D eigenvalue weighted by atomic mass is 16.5. The molecule has 0 radical (unpaired) electrons. The van der Waals surface area contributed by atoms with Crippen LogP contribution in [0.1, 0.15) is 5.56 Å². The number of aryl methyl sites for hydroxylation is 1. The molecule has 1 aromatic carbocycles. The van der Waals surface area contributed by atoms with Crippen molar-refractivity contribution < 1.29 is 14.3 Å². The topological polar surface area (TPSA) is 47.6 Å². The number of carbonyl (C=O) groups is 1. The molecule has 0 fully saturated rings. The van der Waals surface area contributed by atoms with Gasteiger partial charge in [0.25, 0.3) is 5.91 Å². The van der Waals surface area contributed by atoms with Crippen molar-refractivity contribution in [1.82, 2.24) is 5.32 Å². The highest BCUT2D eigenvalue weighted by molar-refractivity contribution is 5.77. The van der Waals surface area contributed by atoms with Crippen LogP contribution in [0.15, 0.2) is 24.3 Å². The molecule has 1 N–H and O–H groups in total. The highest BCUT2D eigenvalue weighted by Crippen LogP contribution is 2.11. The van der Waals surface area contributed by atoms with Gasteiger partial charge in [0, 0.05) is 13.7 Å². The Morgan fingerprint density at radius 3 is 2.94 bits per heavy atom. The zero-order valence-electron chi connectivity index (χ0n) is 9.66. The van der Waals surface area contributed by atoms with E-state index in [-0.39, 0.29) is 12.5 Å². The molecule has 4 heteroatoms. The molecule has 0 heterocycles. The Hall–Kier alpha value is -1.55. The molecule has 0 atom stereocenters. The second kappa shape index (κ2) is 6.85. The predicted molar refractivity (Wildman–Crippen MR) is 61.6 cm³/mol. The molecule has 0 unspecified atom stereocenters. The van der Waals surface area contributed by atoms with Crippen LogP contribution in [-0.2, 0) is 9.53 Å². The molecule has 0 bridgehead atoms. The van der Waals surface area contributed by atoms with Crippen molar-refractivity contribution in [3.8, 4) is 5.75 Å². The van der Waals surface area contributed by atoms with Gasteiger partial charge in [-0.3, -0.25) is 4.79 Å². The standard InChI is InChI=1S/C12H17NO3/c1-10-4-3-5-11(8-10)16-9-12(14)13-6-7-15-2/h3-5,8H,6-7,9H2,1-2H3,(H,13,14). The van der Waals surface area contributed by atoms with Crippen LogP contribution < -0.4 is 10.1 Å². The Morgan fingerprint density at radius 2 is 2.25 bits per heavy atom. The Labute approximate surface area is 95.6 Å². The van der Waals surface area contributed by atoms with E-state index in [1.165, 1.54) is 0 Å². The first-order valence-corrected chi connectivity index (χ1v) is 5.17. The van der Waals surface area contributed by atoms with Crippen LogP contribution in [0.25, 0.3) is 0 Å². The monoisotopic (exact) mass is 223 g/mol. The van der Waals surface area contributed by atoms with Crippen LogP contribution in [0.4, 0.5) is 0 Å². The van der Waals surface area contributed by atoms with E-state index in [2.05, 4.69) is 5.32 Å². The first-order valence-electron chi connectivity index (χ1n) is 5.17. The van der Waals surface area contributed by atoms with Gasteiger partial charge in [-0.25, -0.2) is 0 Å². The van der Waals surface area contributed by atoms with E-state index in [1.54, 1.807) is 7.11 Å². The number of nitrogens with one attached hydrogen (secondary N) is 1. The molecule has 0 aromatic heterocycles. The lowest BCUT2D eigenvalue weighted by Gasteiger charge is -2.07. The van der Waals surface area contributed by atoms with Crippen molar-refractivity contribution >= 4 is 5.91 Å². The molecule has 0 aliphatic carbocycles. The first kappa shape index (κ1) is 12.5. The van der Waals surface area contributed by atoms with E-state index < -0.39 is 0 Å². The second-order valence-corrected chi connectivity index (χ2v) is 3.45. The minimum absolute atomic E-state index is 0.0349. The fourth-order valence-corrected chi connectivity index (χ4v) is 1.20. The van der Waals surface area contributed by atoms with Gasteiger partial charge in [0.1, 0.15) is 5.75 Å². The van der Waals surface area contributed by atoms with Crippen molar-refractivity contribution in [3.63, 3.8) is 0 Å². The van der Waals surface area contributed by atoms with Crippen molar-refractivity contribution in [2.24, 2.45) is 0 Å². The molecule has 0 saturated heterocycles. The SMILES string of the molecule is COCCNC(=O)COc1cccc(C)c1. The zero-order valence-corrected chi connectivity index (χ0v) is 9.66. The molecule has 4 nitrogen and oxygen atoms in total. The summed E-state index contributed by atoms with van der Waals surface area (Å²) in [6.45, 7) is 3.03. The van der Waals surface area contributed by atoms with E-state index in [4.69, 9.17) is 9.47 Å². The van der Waals surface area contributed by atoms with Gasteiger partial charge in [-0.05, 0) is 24.6 Å². The fourth-order valence-electron chi connectivity index (χ4n) is 1.20. The average molecular weight is 223 g/mol. The lowest BCUT2D eigenvalue weighted by molar-refractivity contribution is -0.123. The molecule has 0 aliphatic heterocycles. The van der Waals surface area contributed by atoms with Crippen LogP contribution in [0.3, 0.4) is 0 Å². The van der Waals surface area contributed by atoms with Gasteiger partial charge in [-0.1, -0.05) is 12.1 Å². The molecule has 16 heavy (non-hydrogen) atoms. The summed E-state index contributed by atoms with van der Waals surface area (Å²) in [5.41, 5.74) is 1.11. The van der Waals surface area contributed by atoms with E-state index in [9.17, 15) is 4.79 Å². The summed E-state index contributed by atoms with van der Waals surface area (Å²) in [5.74, 6) is 0.570.